The Balaban J connectivity index is 0.00000256. The number of hydrogen-bond acceptors (Lipinski definition) is 2. The van der Waals surface area contributed by atoms with E-state index in [0.717, 1.165) is 0 Å². The first-order valence-electron chi connectivity index (χ1n) is 4.89. The largest absolute Gasteiger partial charge is 0.480 e. The highest BCUT2D eigenvalue weighted by molar-refractivity contribution is 6.36. The Morgan fingerprint density at radius 3 is 2.35 bits per heavy atom. The van der Waals surface area contributed by atoms with Gasteiger partial charge >= 0.3 is 11.9 Å². The zero-order chi connectivity index (χ0) is 12.5. The van der Waals surface area contributed by atoms with Crippen molar-refractivity contribution < 1.29 is 25.3 Å². The molecule has 1 unspecified atom stereocenters. The number of carbonyl (C=O) groups is 2. The lowest BCUT2D eigenvalue weighted by atomic mass is 9.83. The van der Waals surface area contributed by atoms with Crippen molar-refractivity contribution in [2.45, 2.75) is 31.6 Å². The van der Waals surface area contributed by atoms with Crippen molar-refractivity contribution in [3.8, 4) is 0 Å². The first kappa shape index (κ1) is 15.7. The molecule has 0 saturated carbocycles. The van der Waals surface area contributed by atoms with Crippen LogP contribution in [0, 0.1) is 0 Å². The summed E-state index contributed by atoms with van der Waals surface area (Å²) in [6.45, 7) is 3.51. The van der Waals surface area contributed by atoms with Crippen LogP contribution >= 0.6 is 11.6 Å². The molecule has 0 amide bonds. The first-order valence-corrected chi connectivity index (χ1v) is 5.27. The van der Waals surface area contributed by atoms with Crippen molar-refractivity contribution in [1.82, 2.24) is 0 Å². The van der Waals surface area contributed by atoms with Crippen molar-refractivity contribution in [2.24, 2.45) is 0 Å². The van der Waals surface area contributed by atoms with Gasteiger partial charge in [-0.15, -0.1) is 11.6 Å². The van der Waals surface area contributed by atoms with E-state index >= 15 is 0 Å². The lowest BCUT2D eigenvalue weighted by Crippen LogP contribution is -2.35. The van der Waals surface area contributed by atoms with Crippen LogP contribution in [0.1, 0.15) is 26.7 Å². The number of hydrogen-bond donors (Lipinski definition) is 2. The van der Waals surface area contributed by atoms with Crippen molar-refractivity contribution >= 4 is 23.5 Å². The van der Waals surface area contributed by atoms with Crippen LogP contribution in [0.25, 0.3) is 0 Å². The lowest BCUT2D eigenvalue weighted by molar-refractivity contribution is -0.139. The molecule has 96 valence electrons. The topological polar surface area (TPSA) is 106 Å². The second kappa shape index (κ2) is 5.33. The minimum atomic E-state index is -1.63. The van der Waals surface area contributed by atoms with Crippen LogP contribution in [-0.4, -0.2) is 32.5 Å². The highest BCUT2D eigenvalue weighted by atomic mass is 35.5. The van der Waals surface area contributed by atoms with Crippen LogP contribution in [0.5, 0.6) is 0 Å². The maximum absolute atomic E-state index is 11.0. The maximum Gasteiger partial charge on any atom is 0.331 e. The number of alkyl halides is 1. The predicted octanol–water partition coefficient (Wildman–Crippen LogP) is 1.37. The minimum Gasteiger partial charge on any atom is -0.480 e. The summed E-state index contributed by atoms with van der Waals surface area (Å²) in [5, 5.41) is 18.0. The molecule has 4 N–H and O–H groups in total. The summed E-state index contributed by atoms with van der Waals surface area (Å²) in [6, 6.07) is 0. The van der Waals surface area contributed by atoms with Crippen LogP contribution < -0.4 is 0 Å². The molecule has 0 radical (unpaired) electrons. The van der Waals surface area contributed by atoms with E-state index in [1.165, 1.54) is 6.08 Å². The average Bonchev–Trinajstić information content (AvgIpc) is 2.20. The zero-order valence-corrected chi connectivity index (χ0v) is 10.3. The molecule has 0 aromatic carbocycles. The SMILES string of the molecule is CCC1=CC(Cl)(C(=O)O)CC(C(=O)O)=C1C.O. The van der Waals surface area contributed by atoms with E-state index in [0.29, 0.717) is 17.6 Å². The van der Waals surface area contributed by atoms with Crippen LogP contribution in [-0.2, 0) is 9.59 Å². The molecule has 6 heteroatoms. The number of allylic oxidation sites excluding steroid dienone is 2. The number of carboxylic acid groups (broad SMARTS) is 2. The minimum absolute atomic E-state index is 0. The van der Waals surface area contributed by atoms with Crippen LogP contribution in [0.15, 0.2) is 22.8 Å². The molecule has 0 aromatic heterocycles. The summed E-state index contributed by atoms with van der Waals surface area (Å²) >= 11 is 5.91. The number of rotatable bonds is 3. The molecule has 1 atom stereocenters. The van der Waals surface area contributed by atoms with E-state index in [4.69, 9.17) is 21.8 Å². The molecule has 0 aliphatic heterocycles. The second-order valence-electron chi connectivity index (χ2n) is 3.78. The van der Waals surface area contributed by atoms with Crippen LogP contribution in [0.4, 0.5) is 0 Å². The Bertz CT molecular complexity index is 410. The standard InChI is InChI=1S/C11H13ClO4.H2O/c1-3-7-4-11(12,10(15)16)5-8(6(7)2)9(13)14;/h4H,3,5H2,1-2H3,(H,13,14)(H,15,16);1H2. The Labute approximate surface area is 104 Å². The third-order valence-electron chi connectivity index (χ3n) is 2.77. The molecule has 0 fully saturated rings. The monoisotopic (exact) mass is 262 g/mol. The van der Waals surface area contributed by atoms with Gasteiger partial charge in [-0.05, 0) is 30.6 Å². The van der Waals surface area contributed by atoms with E-state index in [2.05, 4.69) is 0 Å². The Kier molecular flexibility index (Phi) is 4.92. The van der Waals surface area contributed by atoms with Gasteiger partial charge in [-0.25, -0.2) is 9.59 Å². The first-order chi connectivity index (χ1) is 7.31. The van der Waals surface area contributed by atoms with E-state index in [-0.39, 0.29) is 17.5 Å². The van der Waals surface area contributed by atoms with Crippen LogP contribution in [0.2, 0.25) is 0 Å². The smallest absolute Gasteiger partial charge is 0.331 e. The van der Waals surface area contributed by atoms with Crippen molar-refractivity contribution in [1.29, 1.82) is 0 Å². The van der Waals surface area contributed by atoms with Crippen molar-refractivity contribution in [2.75, 3.05) is 0 Å². The highest BCUT2D eigenvalue weighted by Gasteiger charge is 2.40. The van der Waals surface area contributed by atoms with E-state index in [9.17, 15) is 9.59 Å². The van der Waals surface area contributed by atoms with Crippen molar-refractivity contribution in [3.63, 3.8) is 0 Å². The summed E-state index contributed by atoms with van der Waals surface area (Å²) in [4.78, 5) is 20.4. The molecule has 17 heavy (non-hydrogen) atoms. The average molecular weight is 263 g/mol. The van der Waals surface area contributed by atoms with Crippen LogP contribution in [0.3, 0.4) is 0 Å². The third kappa shape index (κ3) is 2.87. The normalized spacial score (nSPS) is 23.8. The maximum atomic E-state index is 11.0. The number of carboxylic acids is 2. The molecule has 5 nitrogen and oxygen atoms in total. The molecule has 0 bridgehead atoms. The van der Waals surface area contributed by atoms with E-state index < -0.39 is 16.8 Å². The fourth-order valence-corrected chi connectivity index (χ4v) is 2.03. The molecule has 0 spiro atoms. The van der Waals surface area contributed by atoms with Gasteiger partial charge in [0.05, 0.1) is 0 Å². The molecule has 0 heterocycles. The van der Waals surface area contributed by atoms with Gasteiger partial charge < -0.3 is 15.7 Å². The summed E-state index contributed by atoms with van der Waals surface area (Å²) in [7, 11) is 0. The fraction of sp³-hybridized carbons (Fsp3) is 0.455. The summed E-state index contributed by atoms with van der Waals surface area (Å²) in [5.41, 5.74) is 1.38. The second-order valence-corrected chi connectivity index (χ2v) is 4.45. The van der Waals surface area contributed by atoms with Gasteiger partial charge in [-0.3, -0.25) is 0 Å². The molecule has 1 rings (SSSR count). The Hall–Kier alpha value is -1.33. The number of halogens is 1. The predicted molar refractivity (Wildman–Crippen MR) is 63.2 cm³/mol. The summed E-state index contributed by atoms with van der Waals surface area (Å²) in [6.07, 6.45) is 1.82. The van der Waals surface area contributed by atoms with E-state index in [1.807, 2.05) is 6.92 Å². The molecule has 0 saturated heterocycles. The summed E-state index contributed by atoms with van der Waals surface area (Å²) < 4.78 is 0. The lowest BCUT2D eigenvalue weighted by Gasteiger charge is -2.26. The molecule has 1 aliphatic rings. The summed E-state index contributed by atoms with van der Waals surface area (Å²) in [5.74, 6) is -2.32. The molecule has 0 aromatic rings. The molecular weight excluding hydrogens is 248 g/mol. The Morgan fingerprint density at radius 2 is 2.00 bits per heavy atom. The highest BCUT2D eigenvalue weighted by Crippen LogP contribution is 2.37. The quantitative estimate of drug-likeness (QED) is 0.749. The molecule has 1 aliphatic carbocycles. The number of aliphatic carboxylic acids is 2. The zero-order valence-electron chi connectivity index (χ0n) is 9.58. The fourth-order valence-electron chi connectivity index (χ4n) is 1.76. The molecular formula is C11H15ClO5. The van der Waals surface area contributed by atoms with Gasteiger partial charge in [0.15, 0.2) is 4.87 Å². The third-order valence-corrected chi connectivity index (χ3v) is 3.17. The van der Waals surface area contributed by atoms with Gasteiger partial charge in [-0.1, -0.05) is 6.92 Å². The van der Waals surface area contributed by atoms with Gasteiger partial charge in [-0.2, -0.15) is 0 Å². The van der Waals surface area contributed by atoms with Gasteiger partial charge in [0, 0.05) is 12.0 Å². The van der Waals surface area contributed by atoms with Gasteiger partial charge in [0.2, 0.25) is 0 Å². The van der Waals surface area contributed by atoms with Crippen molar-refractivity contribution in [3.05, 3.63) is 22.8 Å². The van der Waals surface area contributed by atoms with Gasteiger partial charge in [0.25, 0.3) is 0 Å². The van der Waals surface area contributed by atoms with E-state index in [1.54, 1.807) is 6.92 Å². The Morgan fingerprint density at radius 1 is 1.47 bits per heavy atom. The van der Waals surface area contributed by atoms with Gasteiger partial charge in [0.1, 0.15) is 0 Å².